The number of carbonyl (C=O) groups is 1. The summed E-state index contributed by atoms with van der Waals surface area (Å²) in [5.41, 5.74) is -0.0853. The van der Waals surface area contributed by atoms with Gasteiger partial charge in [-0.05, 0) is 19.2 Å². The van der Waals surface area contributed by atoms with E-state index in [0.29, 0.717) is 0 Å². The Morgan fingerprint density at radius 2 is 1.89 bits per heavy atom. The third-order valence-electron chi connectivity index (χ3n) is 2.34. The Balaban J connectivity index is 2.50. The first-order chi connectivity index (χ1) is 8.29. The molecule has 2 nitrogen and oxygen atoms in total. The van der Waals surface area contributed by atoms with Crippen molar-refractivity contribution in [1.29, 1.82) is 0 Å². The highest BCUT2D eigenvalue weighted by Crippen LogP contribution is 2.16. The van der Waals surface area contributed by atoms with Crippen molar-refractivity contribution >= 4 is 5.78 Å². The normalized spacial score (nSPS) is 11.9. The fourth-order valence-corrected chi connectivity index (χ4v) is 1.50. The fraction of sp³-hybridized carbons (Fsp3) is 0.417. The zero-order valence-electron chi connectivity index (χ0n) is 9.80. The number of hydrogen-bond donors (Lipinski definition) is 0. The van der Waals surface area contributed by atoms with Crippen LogP contribution in [0.2, 0.25) is 0 Å². The molecule has 0 saturated carbocycles. The van der Waals surface area contributed by atoms with Crippen LogP contribution in [-0.2, 0) is 0 Å². The number of nitrogens with zero attached hydrogens (tertiary/aromatic N) is 1. The molecular weight excluding hydrogens is 250 g/mol. The monoisotopic (exact) mass is 263 g/mol. The van der Waals surface area contributed by atoms with Crippen LogP contribution in [0.25, 0.3) is 0 Å². The van der Waals surface area contributed by atoms with Gasteiger partial charge in [0.15, 0.2) is 5.78 Å². The molecule has 0 saturated heterocycles. The van der Waals surface area contributed by atoms with Crippen LogP contribution in [0.4, 0.5) is 17.6 Å². The van der Waals surface area contributed by atoms with Gasteiger partial charge in [0, 0.05) is 13.0 Å². The lowest BCUT2D eigenvalue weighted by molar-refractivity contribution is -0.142. The van der Waals surface area contributed by atoms with E-state index in [9.17, 15) is 22.4 Å². The van der Waals surface area contributed by atoms with E-state index in [0.717, 1.165) is 11.0 Å². The second-order valence-corrected chi connectivity index (χ2v) is 4.01. The highest BCUT2D eigenvalue weighted by molar-refractivity contribution is 5.96. The lowest BCUT2D eigenvalue weighted by Gasteiger charge is -2.17. The van der Waals surface area contributed by atoms with Crippen molar-refractivity contribution in [3.8, 4) is 0 Å². The van der Waals surface area contributed by atoms with Gasteiger partial charge in [-0.15, -0.1) is 0 Å². The van der Waals surface area contributed by atoms with Crippen LogP contribution in [0, 0.1) is 5.82 Å². The van der Waals surface area contributed by atoms with Crippen molar-refractivity contribution in [3.05, 3.63) is 35.6 Å². The van der Waals surface area contributed by atoms with Crippen molar-refractivity contribution in [2.45, 2.75) is 12.6 Å². The zero-order valence-corrected chi connectivity index (χ0v) is 9.80. The first-order valence-electron chi connectivity index (χ1n) is 5.32. The van der Waals surface area contributed by atoms with E-state index in [4.69, 9.17) is 0 Å². The number of benzene rings is 1. The van der Waals surface area contributed by atoms with E-state index in [1.807, 2.05) is 0 Å². The molecule has 0 fully saturated rings. The minimum absolute atomic E-state index is 0.0628. The van der Waals surface area contributed by atoms with E-state index in [-0.39, 0.29) is 18.5 Å². The summed E-state index contributed by atoms with van der Waals surface area (Å²) >= 11 is 0. The Labute approximate surface area is 102 Å². The van der Waals surface area contributed by atoms with E-state index in [2.05, 4.69) is 0 Å². The van der Waals surface area contributed by atoms with Gasteiger partial charge in [0.25, 0.3) is 0 Å². The molecule has 6 heteroatoms. The van der Waals surface area contributed by atoms with E-state index in [1.54, 1.807) is 0 Å². The highest BCUT2D eigenvalue weighted by atomic mass is 19.4. The second-order valence-electron chi connectivity index (χ2n) is 4.01. The number of carbonyl (C=O) groups excluding carboxylic acids is 1. The summed E-state index contributed by atoms with van der Waals surface area (Å²) in [7, 11) is 1.27. The molecule has 0 aliphatic heterocycles. The molecule has 0 aromatic heterocycles. The van der Waals surface area contributed by atoms with Gasteiger partial charge in [-0.2, -0.15) is 13.2 Å². The predicted molar refractivity (Wildman–Crippen MR) is 58.9 cm³/mol. The van der Waals surface area contributed by atoms with Gasteiger partial charge in [-0.3, -0.25) is 9.69 Å². The maximum absolute atomic E-state index is 13.2. The zero-order chi connectivity index (χ0) is 13.8. The first kappa shape index (κ1) is 14.6. The van der Waals surface area contributed by atoms with E-state index < -0.39 is 24.3 Å². The van der Waals surface area contributed by atoms with Crippen molar-refractivity contribution in [1.82, 2.24) is 4.90 Å². The molecule has 1 rings (SSSR count). The summed E-state index contributed by atoms with van der Waals surface area (Å²) in [5.74, 6) is -1.15. The van der Waals surface area contributed by atoms with E-state index in [1.165, 1.54) is 25.2 Å². The number of ketones is 1. The highest BCUT2D eigenvalue weighted by Gasteiger charge is 2.29. The Kier molecular flexibility index (Phi) is 4.84. The quantitative estimate of drug-likeness (QED) is 0.601. The molecule has 0 bridgehead atoms. The minimum atomic E-state index is -4.30. The molecule has 18 heavy (non-hydrogen) atoms. The average molecular weight is 263 g/mol. The molecular formula is C12H13F4NO. The molecule has 0 aliphatic rings. The third-order valence-corrected chi connectivity index (χ3v) is 2.34. The summed E-state index contributed by atoms with van der Waals surface area (Å²) in [5, 5.41) is 0. The van der Waals surface area contributed by atoms with Crippen LogP contribution in [0.3, 0.4) is 0 Å². The van der Waals surface area contributed by atoms with Gasteiger partial charge in [0.1, 0.15) is 5.82 Å². The number of hydrogen-bond acceptors (Lipinski definition) is 2. The van der Waals surface area contributed by atoms with Crippen LogP contribution < -0.4 is 0 Å². The molecule has 0 unspecified atom stereocenters. The van der Waals surface area contributed by atoms with Gasteiger partial charge in [0.2, 0.25) is 0 Å². The van der Waals surface area contributed by atoms with Gasteiger partial charge in [-0.25, -0.2) is 4.39 Å². The Bertz CT molecular complexity index is 417. The minimum Gasteiger partial charge on any atom is -0.298 e. The topological polar surface area (TPSA) is 20.3 Å². The predicted octanol–water partition coefficient (Wildman–Crippen LogP) is 2.89. The van der Waals surface area contributed by atoms with Crippen LogP contribution in [0.15, 0.2) is 24.3 Å². The average Bonchev–Trinajstić information content (AvgIpc) is 2.24. The van der Waals surface area contributed by atoms with Crippen molar-refractivity contribution in [2.24, 2.45) is 0 Å². The van der Waals surface area contributed by atoms with E-state index >= 15 is 0 Å². The Hall–Kier alpha value is -1.43. The largest absolute Gasteiger partial charge is 0.401 e. The smallest absolute Gasteiger partial charge is 0.298 e. The summed E-state index contributed by atoms with van der Waals surface area (Å²) in [6, 6.07) is 5.42. The molecule has 1 aromatic rings. The number of rotatable bonds is 5. The molecule has 0 heterocycles. The summed E-state index contributed by atoms with van der Waals surface area (Å²) in [6.07, 6.45) is -4.44. The first-order valence-corrected chi connectivity index (χ1v) is 5.32. The SMILES string of the molecule is CN(CCC(=O)c1ccccc1F)CC(F)(F)F. The third kappa shape index (κ3) is 4.83. The molecule has 1 aromatic carbocycles. The number of alkyl halides is 3. The summed E-state index contributed by atoms with van der Waals surface area (Å²) in [6.45, 7) is -1.15. The van der Waals surface area contributed by atoms with Crippen LogP contribution in [0.5, 0.6) is 0 Å². The molecule has 0 atom stereocenters. The second kappa shape index (κ2) is 5.95. The van der Waals surface area contributed by atoms with Crippen LogP contribution in [-0.4, -0.2) is 37.0 Å². The maximum Gasteiger partial charge on any atom is 0.401 e. The molecule has 0 N–H and O–H groups in total. The van der Waals surface area contributed by atoms with Gasteiger partial charge >= 0.3 is 6.18 Å². The van der Waals surface area contributed by atoms with Crippen molar-refractivity contribution in [2.75, 3.05) is 20.1 Å². The van der Waals surface area contributed by atoms with Gasteiger partial charge < -0.3 is 0 Å². The number of Topliss-reactive ketones (excluding diaryl/α,β-unsaturated/α-hetero) is 1. The Morgan fingerprint density at radius 3 is 2.44 bits per heavy atom. The molecule has 0 radical (unpaired) electrons. The molecule has 0 aliphatic carbocycles. The maximum atomic E-state index is 13.2. The molecule has 100 valence electrons. The van der Waals surface area contributed by atoms with Gasteiger partial charge in [-0.1, -0.05) is 12.1 Å². The fourth-order valence-electron chi connectivity index (χ4n) is 1.50. The van der Waals surface area contributed by atoms with Crippen molar-refractivity contribution in [3.63, 3.8) is 0 Å². The summed E-state index contributed by atoms with van der Waals surface area (Å²) < 4.78 is 49.3. The Morgan fingerprint density at radius 1 is 1.28 bits per heavy atom. The van der Waals surface area contributed by atoms with Gasteiger partial charge in [0.05, 0.1) is 12.1 Å². The van der Waals surface area contributed by atoms with Crippen LogP contribution >= 0.6 is 0 Å². The number of halogens is 4. The standard InChI is InChI=1S/C12H13F4NO/c1-17(8-12(14,15)16)7-6-11(18)9-4-2-3-5-10(9)13/h2-5H,6-8H2,1H3. The van der Waals surface area contributed by atoms with Crippen molar-refractivity contribution < 1.29 is 22.4 Å². The van der Waals surface area contributed by atoms with Crippen LogP contribution in [0.1, 0.15) is 16.8 Å². The summed E-state index contributed by atoms with van der Waals surface area (Å²) in [4.78, 5) is 12.6. The lowest BCUT2D eigenvalue weighted by atomic mass is 10.1. The molecule has 0 spiro atoms. The lowest BCUT2D eigenvalue weighted by Crippen LogP contribution is -2.32. The molecule has 0 amide bonds.